The van der Waals surface area contributed by atoms with E-state index in [1.165, 1.54) is 18.4 Å². The highest BCUT2D eigenvalue weighted by Crippen LogP contribution is 2.37. The van der Waals surface area contributed by atoms with Crippen molar-refractivity contribution < 1.29 is 4.74 Å². The summed E-state index contributed by atoms with van der Waals surface area (Å²) in [6, 6.07) is 4.25. The maximum Gasteiger partial charge on any atom is 0.148 e. The van der Waals surface area contributed by atoms with Gasteiger partial charge in [-0.3, -0.25) is 0 Å². The maximum absolute atomic E-state index is 6.18. The first kappa shape index (κ1) is 15.3. The number of hydrogen-bond donors (Lipinski definition) is 1. The second kappa shape index (κ2) is 7.09. The minimum absolute atomic E-state index is 0.360. The minimum atomic E-state index is 0.360. The van der Waals surface area contributed by atoms with Gasteiger partial charge in [0.25, 0.3) is 0 Å². The van der Waals surface area contributed by atoms with Gasteiger partial charge in [-0.05, 0) is 88.2 Å². The lowest BCUT2D eigenvalue weighted by molar-refractivity contribution is 0.134. The number of ether oxygens (including phenoxy) is 1. The van der Waals surface area contributed by atoms with Crippen molar-refractivity contribution in [2.75, 3.05) is 7.05 Å². The van der Waals surface area contributed by atoms with Crippen molar-refractivity contribution in [1.82, 2.24) is 5.32 Å². The molecule has 1 aromatic rings. The molecule has 0 spiro atoms. The molecule has 1 aromatic carbocycles. The van der Waals surface area contributed by atoms with Gasteiger partial charge in [0.2, 0.25) is 0 Å². The van der Waals surface area contributed by atoms with Crippen molar-refractivity contribution >= 4 is 31.9 Å². The number of hydrogen-bond acceptors (Lipinski definition) is 2. The molecule has 0 unspecified atom stereocenters. The van der Waals surface area contributed by atoms with Gasteiger partial charge < -0.3 is 10.1 Å². The average Bonchev–Trinajstić information content (AvgIpc) is 2.36. The molecule has 1 N–H and O–H groups in total. The maximum atomic E-state index is 6.18. The van der Waals surface area contributed by atoms with E-state index in [-0.39, 0.29) is 0 Å². The highest BCUT2D eigenvalue weighted by molar-refractivity contribution is 9.11. The van der Waals surface area contributed by atoms with Crippen LogP contribution in [0.2, 0.25) is 0 Å². The van der Waals surface area contributed by atoms with Crippen LogP contribution in [-0.4, -0.2) is 13.2 Å². The highest BCUT2D eigenvalue weighted by Gasteiger charge is 2.21. The number of nitrogens with one attached hydrogen (secondary N) is 1. The minimum Gasteiger partial charge on any atom is -0.488 e. The lowest BCUT2D eigenvalue weighted by Gasteiger charge is -2.27. The Balaban J connectivity index is 2.07. The first-order valence-electron chi connectivity index (χ1n) is 6.89. The monoisotopic (exact) mass is 389 g/mol. The molecule has 2 rings (SSSR count). The van der Waals surface area contributed by atoms with Crippen LogP contribution in [0.15, 0.2) is 21.1 Å². The van der Waals surface area contributed by atoms with Crippen molar-refractivity contribution in [3.8, 4) is 5.75 Å². The number of halogens is 2. The van der Waals surface area contributed by atoms with Crippen LogP contribution in [0.1, 0.15) is 38.2 Å². The second-order valence-electron chi connectivity index (χ2n) is 5.42. The third kappa shape index (κ3) is 4.20. The number of rotatable bonds is 4. The van der Waals surface area contributed by atoms with E-state index in [9.17, 15) is 0 Å². The third-order valence-electron chi connectivity index (χ3n) is 3.69. The van der Waals surface area contributed by atoms with E-state index in [2.05, 4.69) is 56.2 Å². The molecule has 0 heterocycles. The lowest BCUT2D eigenvalue weighted by atomic mass is 9.89. The summed E-state index contributed by atoms with van der Waals surface area (Å²) in [6.07, 6.45) is 5.24. The van der Waals surface area contributed by atoms with E-state index in [0.29, 0.717) is 6.10 Å². The van der Waals surface area contributed by atoms with Crippen LogP contribution in [0.4, 0.5) is 0 Å². The molecule has 0 aromatic heterocycles. The Morgan fingerprint density at radius 2 is 1.74 bits per heavy atom. The summed E-state index contributed by atoms with van der Waals surface area (Å²) in [6.45, 7) is 3.19. The van der Waals surface area contributed by atoms with E-state index in [1.54, 1.807) is 0 Å². The van der Waals surface area contributed by atoms with Crippen LogP contribution in [0, 0.1) is 5.92 Å². The number of benzene rings is 1. The zero-order valence-corrected chi connectivity index (χ0v) is 14.7. The van der Waals surface area contributed by atoms with Gasteiger partial charge in [-0.25, -0.2) is 0 Å². The first-order chi connectivity index (χ1) is 9.10. The molecule has 106 valence electrons. The Bertz CT molecular complexity index is 405. The van der Waals surface area contributed by atoms with E-state index >= 15 is 0 Å². The zero-order valence-electron chi connectivity index (χ0n) is 11.5. The summed E-state index contributed by atoms with van der Waals surface area (Å²) in [5, 5.41) is 3.16. The van der Waals surface area contributed by atoms with Crippen molar-refractivity contribution in [2.45, 2.75) is 45.3 Å². The SMILES string of the molecule is CNCc1cc(Br)c(OC2CCC(C)CC2)c(Br)c1. The van der Waals surface area contributed by atoms with Gasteiger partial charge in [0.05, 0.1) is 15.0 Å². The summed E-state index contributed by atoms with van der Waals surface area (Å²) in [7, 11) is 1.95. The summed E-state index contributed by atoms with van der Waals surface area (Å²) >= 11 is 7.25. The first-order valence-corrected chi connectivity index (χ1v) is 8.48. The molecule has 4 heteroatoms. The molecule has 19 heavy (non-hydrogen) atoms. The van der Waals surface area contributed by atoms with Crippen molar-refractivity contribution in [3.63, 3.8) is 0 Å². The van der Waals surface area contributed by atoms with Crippen molar-refractivity contribution in [2.24, 2.45) is 5.92 Å². The van der Waals surface area contributed by atoms with E-state index < -0.39 is 0 Å². The molecule has 2 nitrogen and oxygen atoms in total. The molecule has 1 fully saturated rings. The van der Waals surface area contributed by atoms with Gasteiger partial charge in [0.1, 0.15) is 5.75 Å². The quantitative estimate of drug-likeness (QED) is 0.790. The largest absolute Gasteiger partial charge is 0.488 e. The topological polar surface area (TPSA) is 21.3 Å². The van der Waals surface area contributed by atoms with Gasteiger partial charge in [0.15, 0.2) is 0 Å². The standard InChI is InChI=1S/C15H21Br2NO/c1-10-3-5-12(6-4-10)19-15-13(16)7-11(9-18-2)8-14(15)17/h7-8,10,12,18H,3-6,9H2,1-2H3. The third-order valence-corrected chi connectivity index (χ3v) is 4.86. The molecule has 0 amide bonds. The van der Waals surface area contributed by atoms with Gasteiger partial charge in [-0.1, -0.05) is 6.92 Å². The fourth-order valence-electron chi connectivity index (χ4n) is 2.55. The molecule has 1 aliphatic rings. The Morgan fingerprint density at radius 3 is 2.26 bits per heavy atom. The molecule has 0 atom stereocenters. The Labute approximate surface area is 132 Å². The van der Waals surface area contributed by atoms with Crippen LogP contribution < -0.4 is 10.1 Å². The predicted octanol–water partition coefficient (Wildman–Crippen LogP) is 4.89. The highest BCUT2D eigenvalue weighted by atomic mass is 79.9. The molecular formula is C15H21Br2NO. The zero-order chi connectivity index (χ0) is 13.8. The Morgan fingerprint density at radius 1 is 1.16 bits per heavy atom. The fraction of sp³-hybridized carbons (Fsp3) is 0.600. The van der Waals surface area contributed by atoms with Crippen molar-refractivity contribution in [1.29, 1.82) is 0 Å². The van der Waals surface area contributed by atoms with E-state index in [1.807, 2.05) is 7.05 Å². The molecular weight excluding hydrogens is 370 g/mol. The van der Waals surface area contributed by atoms with Crippen LogP contribution in [0.5, 0.6) is 5.75 Å². The molecule has 1 saturated carbocycles. The normalized spacial score (nSPS) is 23.4. The van der Waals surface area contributed by atoms with Crippen LogP contribution in [-0.2, 0) is 6.54 Å². The summed E-state index contributed by atoms with van der Waals surface area (Å²) in [4.78, 5) is 0. The molecule has 0 bridgehead atoms. The molecule has 0 saturated heterocycles. The Hall–Kier alpha value is -0.0600. The average molecular weight is 391 g/mol. The Kier molecular flexibility index (Phi) is 5.72. The van der Waals surface area contributed by atoms with Crippen LogP contribution in [0.3, 0.4) is 0 Å². The lowest BCUT2D eigenvalue weighted by Crippen LogP contribution is -2.23. The van der Waals surface area contributed by atoms with Gasteiger partial charge >= 0.3 is 0 Å². The summed E-state index contributed by atoms with van der Waals surface area (Å²) in [5.74, 6) is 1.80. The molecule has 0 radical (unpaired) electrons. The summed E-state index contributed by atoms with van der Waals surface area (Å²) < 4.78 is 8.25. The van der Waals surface area contributed by atoms with Crippen LogP contribution in [0.25, 0.3) is 0 Å². The summed E-state index contributed by atoms with van der Waals surface area (Å²) in [5.41, 5.74) is 1.24. The molecule has 0 aliphatic heterocycles. The smallest absolute Gasteiger partial charge is 0.148 e. The second-order valence-corrected chi connectivity index (χ2v) is 7.13. The van der Waals surface area contributed by atoms with Gasteiger partial charge in [-0.2, -0.15) is 0 Å². The van der Waals surface area contributed by atoms with E-state index in [0.717, 1.165) is 40.0 Å². The fourth-order valence-corrected chi connectivity index (χ4v) is 4.01. The van der Waals surface area contributed by atoms with Gasteiger partial charge in [-0.15, -0.1) is 0 Å². The van der Waals surface area contributed by atoms with Crippen molar-refractivity contribution in [3.05, 3.63) is 26.6 Å². The van der Waals surface area contributed by atoms with E-state index in [4.69, 9.17) is 4.74 Å². The predicted molar refractivity (Wildman–Crippen MR) is 86.7 cm³/mol. The van der Waals surface area contributed by atoms with Gasteiger partial charge in [0, 0.05) is 6.54 Å². The molecule has 1 aliphatic carbocycles. The van der Waals surface area contributed by atoms with Crippen LogP contribution >= 0.6 is 31.9 Å².